The molecule has 0 saturated carbocycles. The van der Waals surface area contributed by atoms with Crippen molar-refractivity contribution in [2.45, 2.75) is 180 Å². The summed E-state index contributed by atoms with van der Waals surface area (Å²) >= 11 is 0. The molecule has 0 aromatic rings. The third kappa shape index (κ3) is 34.8. The van der Waals surface area contributed by atoms with Gasteiger partial charge in [-0.1, -0.05) is 127 Å². The highest BCUT2D eigenvalue weighted by atomic mass is 31.2. The van der Waals surface area contributed by atoms with E-state index in [0.29, 0.717) is 12.8 Å². The minimum absolute atomic E-state index is 0.148. The molecule has 0 radical (unpaired) electrons. The zero-order valence-electron chi connectivity index (χ0n) is 32.4. The fourth-order valence-corrected chi connectivity index (χ4v) is 5.91. The summed E-state index contributed by atoms with van der Waals surface area (Å²) < 4.78 is 32.6. The van der Waals surface area contributed by atoms with E-state index in [0.717, 1.165) is 83.5 Å². The predicted octanol–water partition coefficient (Wildman–Crippen LogP) is 10.1. The Balaban J connectivity index is 4.46. The smallest absolute Gasteiger partial charge is 0.472 e. The molecule has 0 spiro atoms. The highest BCUT2D eigenvalue weighted by Gasteiger charge is 2.28. The van der Waals surface area contributed by atoms with Crippen LogP contribution in [0.4, 0.5) is 0 Å². The monoisotopic (exact) mass is 757 g/mol. The minimum atomic E-state index is -4.72. The highest BCUT2D eigenvalue weighted by molar-refractivity contribution is 7.47. The highest BCUT2D eigenvalue weighted by Crippen LogP contribution is 2.43. The van der Waals surface area contributed by atoms with Crippen molar-refractivity contribution in [2.24, 2.45) is 5.73 Å². The van der Waals surface area contributed by atoms with Gasteiger partial charge in [0.05, 0.1) is 13.2 Å². The minimum Gasteiger partial charge on any atom is -0.480 e. The van der Waals surface area contributed by atoms with Gasteiger partial charge in [0.25, 0.3) is 0 Å². The second-order valence-corrected chi connectivity index (χ2v) is 14.9. The molecule has 0 saturated heterocycles. The van der Waals surface area contributed by atoms with Crippen molar-refractivity contribution in [3.8, 4) is 0 Å². The van der Waals surface area contributed by atoms with Gasteiger partial charge in [-0.25, -0.2) is 4.57 Å². The lowest BCUT2D eigenvalue weighted by molar-refractivity contribution is -0.161. The van der Waals surface area contributed by atoms with Crippen LogP contribution >= 0.6 is 7.82 Å². The maximum Gasteiger partial charge on any atom is 0.472 e. The lowest BCUT2D eigenvalue weighted by Gasteiger charge is -2.20. The Bertz CT molecular complexity index is 1030. The van der Waals surface area contributed by atoms with E-state index in [-0.39, 0.29) is 19.4 Å². The molecule has 0 aliphatic carbocycles. The Morgan fingerprint density at radius 1 is 0.596 bits per heavy atom. The van der Waals surface area contributed by atoms with Gasteiger partial charge in [-0.15, -0.1) is 0 Å². The fraction of sp³-hybridized carbons (Fsp3) is 0.775. The number of hydrogen-bond donors (Lipinski definition) is 3. The van der Waals surface area contributed by atoms with Gasteiger partial charge in [-0.05, 0) is 64.2 Å². The van der Waals surface area contributed by atoms with E-state index >= 15 is 0 Å². The SMILES string of the molecule is CCCC/C=C/C/C=C/CCCCCCCC(=O)OC[C@H](COP(=O)(O)OC[C@H](N)C(=O)O)OC(=O)CCCCCCC/C=C/CCCCCCC. The van der Waals surface area contributed by atoms with Gasteiger partial charge in [0.1, 0.15) is 12.6 Å². The van der Waals surface area contributed by atoms with Gasteiger partial charge in [0.15, 0.2) is 6.10 Å². The Morgan fingerprint density at radius 2 is 1.04 bits per heavy atom. The number of hydrogen-bond acceptors (Lipinski definition) is 9. The number of carbonyl (C=O) groups excluding carboxylic acids is 2. The molecule has 4 N–H and O–H groups in total. The number of carbonyl (C=O) groups is 3. The van der Waals surface area contributed by atoms with Crippen LogP contribution in [0.15, 0.2) is 36.5 Å². The van der Waals surface area contributed by atoms with Gasteiger partial charge < -0.3 is 25.2 Å². The molecule has 0 bridgehead atoms. The van der Waals surface area contributed by atoms with E-state index in [9.17, 15) is 23.8 Å². The molecule has 3 atom stereocenters. The summed E-state index contributed by atoms with van der Waals surface area (Å²) in [5, 5.41) is 8.86. The Kier molecular flexibility index (Phi) is 34.1. The van der Waals surface area contributed by atoms with Gasteiger partial charge in [0, 0.05) is 12.8 Å². The quantitative estimate of drug-likeness (QED) is 0.0238. The molecular weight excluding hydrogens is 685 g/mol. The number of unbranched alkanes of at least 4 members (excludes halogenated alkanes) is 17. The van der Waals surface area contributed by atoms with Crippen LogP contribution < -0.4 is 5.73 Å². The summed E-state index contributed by atoms with van der Waals surface area (Å²) in [6.45, 7) is 2.71. The summed E-state index contributed by atoms with van der Waals surface area (Å²) in [7, 11) is -4.72. The summed E-state index contributed by atoms with van der Waals surface area (Å²) in [6, 6.07) is -1.52. The van der Waals surface area contributed by atoms with E-state index in [1.54, 1.807) is 0 Å². The van der Waals surface area contributed by atoms with Crippen molar-refractivity contribution in [3.05, 3.63) is 36.5 Å². The number of phosphoric acid groups is 1. The molecule has 0 aromatic heterocycles. The van der Waals surface area contributed by atoms with Crippen molar-refractivity contribution in [2.75, 3.05) is 19.8 Å². The van der Waals surface area contributed by atoms with Crippen LogP contribution in [-0.2, 0) is 37.5 Å². The standard InChI is InChI=1S/C40H72NO10P/c1-3-5-7-9-11-13-15-17-19-21-23-25-27-29-31-38(42)48-33-36(34-49-52(46,47)50-35-37(41)40(44)45)51-39(43)32-30-28-26-24-22-20-18-16-14-12-10-8-6-4-2/h9,11,15-18,36-37H,3-8,10,12-14,19-35,41H2,1-2H3,(H,44,45)(H,46,47)/b11-9+,17-15+,18-16+/t36-,37+/m1/s1. The predicted molar refractivity (Wildman–Crippen MR) is 208 cm³/mol. The van der Waals surface area contributed by atoms with Crippen LogP contribution in [0.2, 0.25) is 0 Å². The van der Waals surface area contributed by atoms with Gasteiger partial charge in [0.2, 0.25) is 0 Å². The van der Waals surface area contributed by atoms with E-state index in [2.05, 4.69) is 54.8 Å². The van der Waals surface area contributed by atoms with Crippen LogP contribution in [0.25, 0.3) is 0 Å². The first-order valence-corrected chi connectivity index (χ1v) is 21.5. The van der Waals surface area contributed by atoms with Crippen molar-refractivity contribution < 1.29 is 47.5 Å². The number of esters is 2. The molecule has 302 valence electrons. The van der Waals surface area contributed by atoms with Crippen LogP contribution in [0.5, 0.6) is 0 Å². The van der Waals surface area contributed by atoms with Crippen molar-refractivity contribution in [1.29, 1.82) is 0 Å². The third-order valence-electron chi connectivity index (χ3n) is 8.36. The Labute approximate surface area is 314 Å². The zero-order chi connectivity index (χ0) is 38.5. The normalized spacial score (nSPS) is 14.2. The molecule has 0 aromatic carbocycles. The summed E-state index contributed by atoms with van der Waals surface area (Å²) in [5.41, 5.74) is 5.32. The first kappa shape index (κ1) is 49.7. The van der Waals surface area contributed by atoms with Crippen LogP contribution in [-0.4, -0.2) is 59.9 Å². The fourth-order valence-electron chi connectivity index (χ4n) is 5.13. The van der Waals surface area contributed by atoms with E-state index < -0.39 is 51.1 Å². The van der Waals surface area contributed by atoms with Crippen LogP contribution in [0, 0.1) is 0 Å². The maximum atomic E-state index is 12.6. The van der Waals surface area contributed by atoms with Crippen molar-refractivity contribution >= 4 is 25.7 Å². The van der Waals surface area contributed by atoms with E-state index in [1.165, 1.54) is 44.9 Å². The molecule has 0 rings (SSSR count). The van der Waals surface area contributed by atoms with Crippen LogP contribution in [0.3, 0.4) is 0 Å². The molecule has 0 fully saturated rings. The van der Waals surface area contributed by atoms with Gasteiger partial charge in [-0.3, -0.25) is 23.4 Å². The van der Waals surface area contributed by atoms with Crippen molar-refractivity contribution in [1.82, 2.24) is 0 Å². The van der Waals surface area contributed by atoms with E-state index in [4.69, 9.17) is 24.8 Å². The average Bonchev–Trinajstić information content (AvgIpc) is 3.12. The molecule has 12 heteroatoms. The second kappa shape index (κ2) is 35.7. The van der Waals surface area contributed by atoms with Gasteiger partial charge in [-0.2, -0.15) is 0 Å². The topological polar surface area (TPSA) is 172 Å². The first-order valence-electron chi connectivity index (χ1n) is 20.0. The molecule has 11 nitrogen and oxygen atoms in total. The average molecular weight is 758 g/mol. The molecule has 0 aliphatic heterocycles. The largest absolute Gasteiger partial charge is 0.480 e. The maximum absolute atomic E-state index is 12.6. The number of aliphatic carboxylic acids is 1. The number of carboxylic acids is 1. The lowest BCUT2D eigenvalue weighted by atomic mass is 10.1. The molecule has 0 aliphatic rings. The molecule has 1 unspecified atom stereocenters. The number of allylic oxidation sites excluding steroid dienone is 6. The van der Waals surface area contributed by atoms with Crippen molar-refractivity contribution in [3.63, 3.8) is 0 Å². The summed E-state index contributed by atoms with van der Waals surface area (Å²) in [4.78, 5) is 45.8. The number of ether oxygens (including phenoxy) is 2. The lowest BCUT2D eigenvalue weighted by Crippen LogP contribution is -2.34. The number of nitrogens with two attached hydrogens (primary N) is 1. The molecular formula is C40H72NO10P. The molecule has 52 heavy (non-hydrogen) atoms. The zero-order valence-corrected chi connectivity index (χ0v) is 33.3. The summed E-state index contributed by atoms with van der Waals surface area (Å²) in [5.74, 6) is -2.41. The summed E-state index contributed by atoms with van der Waals surface area (Å²) in [6.07, 6.45) is 36.4. The molecule has 0 heterocycles. The van der Waals surface area contributed by atoms with Gasteiger partial charge >= 0.3 is 25.7 Å². The Morgan fingerprint density at radius 3 is 1.58 bits per heavy atom. The number of phosphoric ester groups is 1. The number of carboxylic acid groups (broad SMARTS) is 1. The van der Waals surface area contributed by atoms with Crippen LogP contribution in [0.1, 0.15) is 168 Å². The third-order valence-corrected chi connectivity index (χ3v) is 9.31. The first-order chi connectivity index (χ1) is 25.1. The number of rotatable bonds is 37. The Hall–Kier alpha value is -2.30. The van der Waals surface area contributed by atoms with E-state index in [1.807, 2.05) is 0 Å². The molecule has 0 amide bonds. The second-order valence-electron chi connectivity index (χ2n) is 13.4.